The maximum Gasteiger partial charge on any atom is 0.308 e. The number of hydrogen-bond donors (Lipinski definition) is 1. The van der Waals surface area contributed by atoms with Gasteiger partial charge in [0.25, 0.3) is 15.9 Å². The van der Waals surface area contributed by atoms with Gasteiger partial charge in [0.1, 0.15) is 9.96 Å². The molecular weight excluding hydrogens is 512 g/mol. The first kappa shape index (κ1) is 25.2. The van der Waals surface area contributed by atoms with Crippen LogP contribution in [0.15, 0.2) is 64.2 Å². The number of methoxy groups -OCH3 is 1. The molecule has 4 rings (SSSR count). The molecule has 2 aromatic carbocycles. The smallest absolute Gasteiger partial charge is 0.308 e. The van der Waals surface area contributed by atoms with E-state index in [2.05, 4.69) is 5.32 Å². The number of nitrogens with zero attached hydrogens (tertiary/aromatic N) is 1. The molecule has 1 aromatic heterocycles. The summed E-state index contributed by atoms with van der Waals surface area (Å²) < 4.78 is 38.6. The number of sulfonamides is 1. The number of benzene rings is 2. The van der Waals surface area contributed by atoms with Crippen molar-refractivity contribution in [3.05, 3.63) is 76.1 Å². The average Bonchev–Trinajstić information content (AvgIpc) is 3.39. The lowest BCUT2D eigenvalue weighted by Gasteiger charge is -2.35. The second-order valence-corrected chi connectivity index (χ2v) is 11.3. The highest BCUT2D eigenvalue weighted by Gasteiger charge is 2.38. The molecule has 0 aliphatic carbocycles. The average molecular weight is 535 g/mol. The maximum absolute atomic E-state index is 13.3. The molecular formula is C24H23ClN2O6S2. The Balaban J connectivity index is 1.47. The van der Waals surface area contributed by atoms with E-state index in [0.717, 1.165) is 22.5 Å². The van der Waals surface area contributed by atoms with Gasteiger partial charge in [0.2, 0.25) is 0 Å². The Morgan fingerprint density at radius 1 is 1.17 bits per heavy atom. The Morgan fingerprint density at radius 2 is 1.97 bits per heavy atom. The fraction of sp³-hybridized carbons (Fsp3) is 0.250. The minimum atomic E-state index is -3.80. The lowest BCUT2D eigenvalue weighted by atomic mass is 9.92. The first-order chi connectivity index (χ1) is 16.8. The second kappa shape index (κ2) is 10.8. The quantitative estimate of drug-likeness (QED) is 0.433. The molecule has 11 heteroatoms. The summed E-state index contributed by atoms with van der Waals surface area (Å²) in [5, 5.41) is 4.70. The van der Waals surface area contributed by atoms with Crippen molar-refractivity contribution < 1.29 is 27.5 Å². The van der Waals surface area contributed by atoms with Gasteiger partial charge in [0.15, 0.2) is 6.61 Å². The van der Waals surface area contributed by atoms with Crippen LogP contribution in [0.2, 0.25) is 5.02 Å². The van der Waals surface area contributed by atoms with Crippen LogP contribution in [0.5, 0.6) is 5.75 Å². The van der Waals surface area contributed by atoms with Crippen LogP contribution < -0.4 is 10.1 Å². The molecule has 1 aliphatic rings. The van der Waals surface area contributed by atoms with Crippen molar-refractivity contribution in [2.45, 2.75) is 23.1 Å². The number of fused-ring (bicyclic) bond motifs is 1. The van der Waals surface area contributed by atoms with Crippen LogP contribution in [0, 0.1) is 0 Å². The number of amides is 1. The third-order valence-corrected chi connectivity index (χ3v) is 9.10. The van der Waals surface area contributed by atoms with Gasteiger partial charge in [-0.1, -0.05) is 41.9 Å². The number of carbonyl (C=O) groups excluding carboxylic acids is 2. The van der Waals surface area contributed by atoms with Crippen LogP contribution in [-0.4, -0.2) is 44.9 Å². The van der Waals surface area contributed by atoms with Crippen molar-refractivity contribution in [2.75, 3.05) is 25.6 Å². The van der Waals surface area contributed by atoms with Gasteiger partial charge in [-0.25, -0.2) is 8.42 Å². The van der Waals surface area contributed by atoms with E-state index in [0.29, 0.717) is 22.9 Å². The SMILES string of the molecule is COc1ccc(Cl)cc1NC(=O)COC(=O)CC1c2ccccc2CCN1S(=O)(=O)c1cccs1. The minimum Gasteiger partial charge on any atom is -0.495 e. The summed E-state index contributed by atoms with van der Waals surface area (Å²) in [4.78, 5) is 25.1. The van der Waals surface area contributed by atoms with Crippen LogP contribution in [0.4, 0.5) is 5.69 Å². The van der Waals surface area contributed by atoms with Crippen LogP contribution in [-0.2, 0) is 30.8 Å². The number of rotatable bonds is 8. The molecule has 184 valence electrons. The number of thiophene rings is 1. The summed E-state index contributed by atoms with van der Waals surface area (Å²) in [6.07, 6.45) is 0.311. The van der Waals surface area contributed by atoms with Crippen molar-refractivity contribution in [3.8, 4) is 5.75 Å². The van der Waals surface area contributed by atoms with Crippen molar-refractivity contribution in [1.82, 2.24) is 4.31 Å². The molecule has 0 fully saturated rings. The molecule has 8 nitrogen and oxygen atoms in total. The molecule has 0 spiro atoms. The summed E-state index contributed by atoms with van der Waals surface area (Å²) in [6, 6.07) is 14.7. The van der Waals surface area contributed by atoms with Crippen LogP contribution in [0.1, 0.15) is 23.6 Å². The predicted octanol–water partition coefficient (Wildman–Crippen LogP) is 4.27. The predicted molar refractivity (Wildman–Crippen MR) is 133 cm³/mol. The van der Waals surface area contributed by atoms with Crippen molar-refractivity contribution in [1.29, 1.82) is 0 Å². The van der Waals surface area contributed by atoms with E-state index in [1.54, 1.807) is 29.6 Å². The van der Waals surface area contributed by atoms with Gasteiger partial charge in [-0.15, -0.1) is 11.3 Å². The molecule has 0 saturated carbocycles. The molecule has 1 N–H and O–H groups in total. The molecule has 2 heterocycles. The number of ether oxygens (including phenoxy) is 2. The van der Waals surface area contributed by atoms with E-state index in [1.165, 1.54) is 17.5 Å². The summed E-state index contributed by atoms with van der Waals surface area (Å²) in [5.74, 6) is -0.861. The van der Waals surface area contributed by atoms with E-state index in [1.807, 2.05) is 24.3 Å². The topological polar surface area (TPSA) is 102 Å². The van der Waals surface area contributed by atoms with Crippen molar-refractivity contribution in [2.24, 2.45) is 0 Å². The van der Waals surface area contributed by atoms with E-state index < -0.39 is 34.5 Å². The number of halogens is 1. The molecule has 1 atom stereocenters. The zero-order valence-corrected chi connectivity index (χ0v) is 21.2. The van der Waals surface area contributed by atoms with Crippen molar-refractivity contribution in [3.63, 3.8) is 0 Å². The van der Waals surface area contributed by atoms with E-state index in [9.17, 15) is 18.0 Å². The van der Waals surface area contributed by atoms with Gasteiger partial charge in [0, 0.05) is 11.6 Å². The molecule has 0 radical (unpaired) electrons. The lowest BCUT2D eigenvalue weighted by Crippen LogP contribution is -2.41. The number of hydrogen-bond acceptors (Lipinski definition) is 7. The van der Waals surface area contributed by atoms with Gasteiger partial charge in [-0.2, -0.15) is 4.31 Å². The standard InChI is InChI=1S/C24H23ClN2O6S2/c1-32-21-9-8-17(25)13-19(21)26-22(28)15-33-23(29)14-20-18-6-3-2-5-16(18)10-11-27(20)35(30,31)24-7-4-12-34-24/h2-9,12-13,20H,10-11,14-15H2,1H3,(H,26,28). The van der Waals surface area contributed by atoms with E-state index in [-0.39, 0.29) is 17.2 Å². The molecule has 3 aromatic rings. The molecule has 0 saturated heterocycles. The van der Waals surface area contributed by atoms with E-state index >= 15 is 0 Å². The van der Waals surface area contributed by atoms with Gasteiger partial charge in [-0.3, -0.25) is 9.59 Å². The molecule has 1 unspecified atom stereocenters. The number of anilines is 1. The van der Waals surface area contributed by atoms with Crippen LogP contribution >= 0.6 is 22.9 Å². The van der Waals surface area contributed by atoms with Crippen LogP contribution in [0.25, 0.3) is 0 Å². The Morgan fingerprint density at radius 3 is 2.71 bits per heavy atom. The third kappa shape index (κ3) is 5.67. The monoisotopic (exact) mass is 534 g/mol. The molecule has 1 amide bonds. The summed E-state index contributed by atoms with van der Waals surface area (Å²) in [5.41, 5.74) is 2.08. The Hall–Kier alpha value is -2.92. The van der Waals surface area contributed by atoms with Crippen molar-refractivity contribution >= 4 is 50.5 Å². The zero-order chi connectivity index (χ0) is 25.0. The number of carbonyl (C=O) groups is 2. The molecule has 0 bridgehead atoms. The largest absolute Gasteiger partial charge is 0.495 e. The summed E-state index contributed by atoms with van der Waals surface area (Å²) in [6.45, 7) is -0.301. The Labute approximate surface area is 212 Å². The fourth-order valence-electron chi connectivity index (χ4n) is 3.98. The number of nitrogens with one attached hydrogen (secondary N) is 1. The van der Waals surface area contributed by atoms with Gasteiger partial charge < -0.3 is 14.8 Å². The fourth-order valence-corrected chi connectivity index (χ4v) is 6.88. The minimum absolute atomic E-state index is 0.213. The van der Waals surface area contributed by atoms with Gasteiger partial charge in [0.05, 0.1) is 25.3 Å². The molecule has 35 heavy (non-hydrogen) atoms. The zero-order valence-electron chi connectivity index (χ0n) is 18.8. The number of esters is 1. The molecule has 1 aliphatic heterocycles. The second-order valence-electron chi connectivity index (χ2n) is 7.77. The highest BCUT2D eigenvalue weighted by Crippen LogP contribution is 2.37. The highest BCUT2D eigenvalue weighted by atomic mass is 35.5. The van der Waals surface area contributed by atoms with E-state index in [4.69, 9.17) is 21.1 Å². The first-order valence-corrected chi connectivity index (χ1v) is 13.4. The Bertz CT molecular complexity index is 1330. The lowest BCUT2D eigenvalue weighted by molar-refractivity contribution is -0.148. The van der Waals surface area contributed by atoms with Gasteiger partial charge >= 0.3 is 5.97 Å². The highest BCUT2D eigenvalue weighted by molar-refractivity contribution is 7.91. The summed E-state index contributed by atoms with van der Waals surface area (Å²) >= 11 is 7.10. The normalized spacial score (nSPS) is 15.8. The maximum atomic E-state index is 13.3. The Kier molecular flexibility index (Phi) is 7.75. The van der Waals surface area contributed by atoms with Crippen LogP contribution in [0.3, 0.4) is 0 Å². The van der Waals surface area contributed by atoms with Gasteiger partial charge in [-0.05, 0) is 47.2 Å². The third-order valence-electron chi connectivity index (χ3n) is 5.58. The first-order valence-electron chi connectivity index (χ1n) is 10.7. The summed E-state index contributed by atoms with van der Waals surface area (Å²) in [7, 11) is -2.35.